The zero-order valence-corrected chi connectivity index (χ0v) is 25.2. The van der Waals surface area contributed by atoms with E-state index in [0.29, 0.717) is 48.1 Å². The molecule has 2 aromatic carbocycles. The first-order chi connectivity index (χ1) is 20.6. The molecular formula is C31H33Cl2FN4O5. The maximum absolute atomic E-state index is 16.7. The zero-order chi connectivity index (χ0) is 30.4. The fraction of sp³-hybridized carbons (Fsp3) is 0.452. The Bertz CT molecular complexity index is 1490. The Morgan fingerprint density at radius 1 is 1.16 bits per heavy atom. The lowest BCUT2D eigenvalue weighted by Gasteiger charge is -2.41. The van der Waals surface area contributed by atoms with E-state index in [2.05, 4.69) is 9.97 Å². The van der Waals surface area contributed by atoms with E-state index in [4.69, 9.17) is 32.7 Å². The number of aliphatic hydroxyl groups is 2. The van der Waals surface area contributed by atoms with Crippen LogP contribution < -0.4 is 0 Å². The molecule has 1 aromatic heterocycles. The first-order valence-corrected chi connectivity index (χ1v) is 15.2. The molecule has 3 aromatic rings. The van der Waals surface area contributed by atoms with E-state index in [1.807, 2.05) is 11.8 Å². The van der Waals surface area contributed by atoms with Gasteiger partial charge in [0.05, 0.1) is 41.5 Å². The molecule has 0 bridgehead atoms. The second-order valence-electron chi connectivity index (χ2n) is 11.4. The Balaban J connectivity index is 1.52. The number of fused-ring (bicyclic) bond motifs is 1. The minimum atomic E-state index is -1.70. The van der Waals surface area contributed by atoms with Crippen LogP contribution in [-0.4, -0.2) is 80.9 Å². The number of nitrogens with zero attached hydrogens (tertiary/aromatic N) is 4. The fourth-order valence-electron chi connectivity index (χ4n) is 6.30. The van der Waals surface area contributed by atoms with Crippen molar-refractivity contribution in [3.63, 3.8) is 0 Å². The van der Waals surface area contributed by atoms with Crippen molar-refractivity contribution >= 4 is 29.1 Å². The number of aliphatic hydroxyl groups excluding tert-OH is 1. The van der Waals surface area contributed by atoms with Crippen LogP contribution in [0.5, 0.6) is 0 Å². The summed E-state index contributed by atoms with van der Waals surface area (Å²) in [6, 6.07) is 9.62. The van der Waals surface area contributed by atoms with Gasteiger partial charge in [-0.2, -0.15) is 0 Å². The van der Waals surface area contributed by atoms with E-state index in [0.717, 1.165) is 0 Å². The first kappa shape index (κ1) is 30.3. The molecule has 4 atom stereocenters. The molecule has 2 N–H and O–H groups in total. The van der Waals surface area contributed by atoms with Crippen LogP contribution in [0.1, 0.15) is 59.1 Å². The molecule has 43 heavy (non-hydrogen) atoms. The Hall–Kier alpha value is -2.70. The molecule has 228 valence electrons. The molecule has 3 aliphatic heterocycles. The van der Waals surface area contributed by atoms with Crippen LogP contribution in [0.3, 0.4) is 0 Å². The fourth-order valence-corrected chi connectivity index (χ4v) is 6.53. The Morgan fingerprint density at radius 3 is 2.53 bits per heavy atom. The predicted octanol–water partition coefficient (Wildman–Crippen LogP) is 4.25. The van der Waals surface area contributed by atoms with Gasteiger partial charge in [0.15, 0.2) is 0 Å². The molecule has 1 amide bonds. The molecule has 3 aliphatic rings. The average molecular weight is 632 g/mol. The molecule has 0 radical (unpaired) electrons. The zero-order valence-electron chi connectivity index (χ0n) is 23.7. The second kappa shape index (κ2) is 12.0. The van der Waals surface area contributed by atoms with Crippen molar-refractivity contribution in [1.82, 2.24) is 19.8 Å². The van der Waals surface area contributed by atoms with Crippen molar-refractivity contribution in [3.8, 4) is 0 Å². The third kappa shape index (κ3) is 5.66. The standard InChI is InChI=1S/C31H33Cl2FN4O5/c1-2-30(41,18-37-9-7-23(39)15-37)20-11-25-28(26(34)12-20)31(43-24-8-10-42-17-24,19-3-5-21(32)6-4-19)38(29(25)40)16-27-35-13-22(33)14-36-27/h3-6,11-14,23-24,39,41H,2,7-10,15-18H2,1H3/t23-,24+,30?,31-/m1/s1. The van der Waals surface area contributed by atoms with E-state index in [9.17, 15) is 15.0 Å². The number of likely N-dealkylation sites (tertiary alicyclic amines) is 1. The third-order valence-corrected chi connectivity index (χ3v) is 9.02. The number of aromatic nitrogens is 2. The minimum Gasteiger partial charge on any atom is -0.392 e. The van der Waals surface area contributed by atoms with Gasteiger partial charge in [-0.3, -0.25) is 14.6 Å². The lowest BCUT2D eigenvalue weighted by molar-refractivity contribution is -0.149. The molecule has 4 heterocycles. The summed E-state index contributed by atoms with van der Waals surface area (Å²) in [7, 11) is 0. The summed E-state index contributed by atoms with van der Waals surface area (Å²) in [5, 5.41) is 22.6. The summed E-state index contributed by atoms with van der Waals surface area (Å²) in [6.07, 6.45) is 3.39. The lowest BCUT2D eigenvalue weighted by Crippen LogP contribution is -2.49. The van der Waals surface area contributed by atoms with Crippen molar-refractivity contribution in [1.29, 1.82) is 0 Å². The van der Waals surface area contributed by atoms with Crippen molar-refractivity contribution < 1.29 is 28.9 Å². The van der Waals surface area contributed by atoms with Gasteiger partial charge in [-0.15, -0.1) is 0 Å². The molecular weight excluding hydrogens is 598 g/mol. The minimum absolute atomic E-state index is 0.0412. The number of amides is 1. The maximum Gasteiger partial charge on any atom is 0.257 e. The summed E-state index contributed by atoms with van der Waals surface area (Å²) in [5.74, 6) is -0.908. The highest BCUT2D eigenvalue weighted by Gasteiger charge is 2.56. The third-order valence-electron chi connectivity index (χ3n) is 8.57. The van der Waals surface area contributed by atoms with E-state index in [-0.39, 0.29) is 48.6 Å². The molecule has 12 heteroatoms. The van der Waals surface area contributed by atoms with Gasteiger partial charge in [-0.05, 0) is 49.1 Å². The van der Waals surface area contributed by atoms with E-state index < -0.39 is 35.3 Å². The molecule has 0 saturated carbocycles. The Labute approximate surface area is 259 Å². The highest BCUT2D eigenvalue weighted by atomic mass is 35.5. The van der Waals surface area contributed by atoms with E-state index >= 15 is 4.39 Å². The van der Waals surface area contributed by atoms with Crippen molar-refractivity contribution in [2.45, 2.75) is 56.3 Å². The summed E-state index contributed by atoms with van der Waals surface area (Å²) < 4.78 is 29.1. The second-order valence-corrected chi connectivity index (χ2v) is 12.3. The number of carbonyl (C=O) groups excluding carboxylic acids is 1. The highest BCUT2D eigenvalue weighted by Crippen LogP contribution is 2.49. The van der Waals surface area contributed by atoms with Gasteiger partial charge in [-0.25, -0.2) is 14.4 Å². The number of benzene rings is 2. The van der Waals surface area contributed by atoms with Crippen LogP contribution >= 0.6 is 23.2 Å². The van der Waals surface area contributed by atoms with Crippen LogP contribution in [-0.2, 0) is 27.3 Å². The van der Waals surface area contributed by atoms with Crippen molar-refractivity contribution in [3.05, 3.63) is 92.7 Å². The van der Waals surface area contributed by atoms with E-state index in [1.165, 1.54) is 23.4 Å². The summed E-state index contributed by atoms with van der Waals surface area (Å²) in [6.45, 7) is 3.67. The SMILES string of the molecule is CCC(O)(CN1CC[C@@H](O)C1)c1cc(F)c2c(c1)C(=O)N(Cc1ncc(Cl)cn1)[C@@]2(O[C@H]1CCOC1)c1ccc(Cl)cc1. The maximum atomic E-state index is 16.7. The summed E-state index contributed by atoms with van der Waals surface area (Å²) in [5.41, 5.74) is -2.28. The topological polar surface area (TPSA) is 108 Å². The molecule has 0 aliphatic carbocycles. The lowest BCUT2D eigenvalue weighted by atomic mass is 9.85. The molecule has 0 spiro atoms. The summed E-state index contributed by atoms with van der Waals surface area (Å²) in [4.78, 5) is 26.4. The molecule has 2 saturated heterocycles. The quantitative estimate of drug-likeness (QED) is 0.361. The molecule has 2 fully saturated rings. The van der Waals surface area contributed by atoms with Crippen LogP contribution in [0.4, 0.5) is 4.39 Å². The summed E-state index contributed by atoms with van der Waals surface area (Å²) >= 11 is 12.3. The van der Waals surface area contributed by atoms with Gasteiger partial charge >= 0.3 is 0 Å². The normalized spacial score (nSPS) is 25.3. The average Bonchev–Trinajstić information content (AvgIpc) is 3.71. The van der Waals surface area contributed by atoms with Crippen LogP contribution in [0.15, 0.2) is 48.8 Å². The largest absolute Gasteiger partial charge is 0.392 e. The van der Waals surface area contributed by atoms with Crippen molar-refractivity contribution in [2.75, 3.05) is 32.8 Å². The van der Waals surface area contributed by atoms with Crippen LogP contribution in [0.25, 0.3) is 0 Å². The highest BCUT2D eigenvalue weighted by molar-refractivity contribution is 6.30. The van der Waals surface area contributed by atoms with Crippen molar-refractivity contribution in [2.24, 2.45) is 0 Å². The first-order valence-electron chi connectivity index (χ1n) is 14.4. The van der Waals surface area contributed by atoms with Gasteiger partial charge in [0.25, 0.3) is 5.91 Å². The van der Waals surface area contributed by atoms with Gasteiger partial charge in [-0.1, -0.05) is 42.3 Å². The monoisotopic (exact) mass is 630 g/mol. The van der Waals surface area contributed by atoms with Gasteiger partial charge in [0.1, 0.15) is 17.2 Å². The van der Waals surface area contributed by atoms with Crippen LogP contribution in [0, 0.1) is 5.82 Å². The van der Waals surface area contributed by atoms with E-state index in [1.54, 1.807) is 30.3 Å². The number of hydrogen-bond acceptors (Lipinski definition) is 8. The number of hydrogen-bond donors (Lipinski definition) is 2. The number of halogens is 3. The predicted molar refractivity (Wildman–Crippen MR) is 157 cm³/mol. The van der Waals surface area contributed by atoms with Gasteiger partial charge in [0, 0.05) is 49.2 Å². The molecule has 1 unspecified atom stereocenters. The number of carbonyl (C=O) groups is 1. The van der Waals surface area contributed by atoms with Gasteiger partial charge in [0.2, 0.25) is 5.72 Å². The smallest absolute Gasteiger partial charge is 0.257 e. The number of β-amino-alcohol motifs (C(OH)–C–C–N with tert-alkyl or cyclic N) is 2. The number of rotatable bonds is 9. The van der Waals surface area contributed by atoms with Gasteiger partial charge < -0.3 is 19.7 Å². The Kier molecular flexibility index (Phi) is 8.47. The number of ether oxygens (including phenoxy) is 2. The Morgan fingerprint density at radius 2 is 1.91 bits per heavy atom. The molecule has 6 rings (SSSR count). The van der Waals surface area contributed by atoms with Crippen LogP contribution in [0.2, 0.25) is 10.0 Å². The molecule has 9 nitrogen and oxygen atoms in total.